The number of ether oxygens (including phenoxy) is 1. The molecule has 1 amide bonds. The normalized spacial score (nSPS) is 14.4. The molecule has 2 N–H and O–H groups in total. The van der Waals surface area contributed by atoms with Crippen LogP contribution in [0.15, 0.2) is 36.4 Å². The summed E-state index contributed by atoms with van der Waals surface area (Å²) in [4.78, 5) is 14.6. The van der Waals surface area contributed by atoms with Crippen LogP contribution in [-0.4, -0.2) is 25.6 Å². The first-order valence-corrected chi connectivity index (χ1v) is 8.37. The standard InChI is InChI=1S/C19H21ClN2O2/c1-12-9-14(24-2)10-16(20)15(12)11-17(21)19(23)22-8-7-13-5-3-4-6-18(13)22/h3-6,9-10,17H,7-8,11,21H2,1-2H3. The van der Waals surface area contributed by atoms with E-state index < -0.39 is 6.04 Å². The van der Waals surface area contributed by atoms with Gasteiger partial charge in [0.05, 0.1) is 13.2 Å². The predicted molar refractivity (Wildman–Crippen MR) is 96.9 cm³/mol. The lowest BCUT2D eigenvalue weighted by molar-refractivity contribution is -0.119. The van der Waals surface area contributed by atoms with Crippen molar-refractivity contribution < 1.29 is 9.53 Å². The van der Waals surface area contributed by atoms with Gasteiger partial charge in [-0.1, -0.05) is 29.8 Å². The molecule has 0 bridgehead atoms. The van der Waals surface area contributed by atoms with Crippen molar-refractivity contribution in [1.82, 2.24) is 0 Å². The number of carbonyl (C=O) groups excluding carboxylic acids is 1. The summed E-state index contributed by atoms with van der Waals surface area (Å²) in [5, 5.41) is 0.580. The fraction of sp³-hybridized carbons (Fsp3) is 0.316. The Morgan fingerprint density at radius 2 is 2.12 bits per heavy atom. The van der Waals surface area contributed by atoms with Crippen LogP contribution in [-0.2, 0) is 17.6 Å². The van der Waals surface area contributed by atoms with Crippen LogP contribution in [0.2, 0.25) is 5.02 Å². The van der Waals surface area contributed by atoms with Crippen molar-refractivity contribution >= 4 is 23.2 Å². The molecule has 1 atom stereocenters. The van der Waals surface area contributed by atoms with Crippen molar-refractivity contribution in [2.45, 2.75) is 25.8 Å². The van der Waals surface area contributed by atoms with E-state index in [4.69, 9.17) is 22.1 Å². The SMILES string of the molecule is COc1cc(C)c(CC(N)C(=O)N2CCc3ccccc32)c(Cl)c1. The van der Waals surface area contributed by atoms with E-state index in [0.717, 1.165) is 23.2 Å². The topological polar surface area (TPSA) is 55.6 Å². The molecule has 24 heavy (non-hydrogen) atoms. The van der Waals surface area contributed by atoms with E-state index in [-0.39, 0.29) is 5.91 Å². The Balaban J connectivity index is 1.79. The number of fused-ring (bicyclic) bond motifs is 1. The van der Waals surface area contributed by atoms with Gasteiger partial charge >= 0.3 is 0 Å². The van der Waals surface area contributed by atoms with E-state index in [1.807, 2.05) is 31.2 Å². The first kappa shape index (κ1) is 16.8. The molecule has 1 unspecified atom stereocenters. The van der Waals surface area contributed by atoms with Crippen LogP contribution >= 0.6 is 11.6 Å². The Labute approximate surface area is 147 Å². The van der Waals surface area contributed by atoms with Gasteiger partial charge in [0, 0.05) is 17.3 Å². The lowest BCUT2D eigenvalue weighted by Crippen LogP contribution is -2.44. The molecule has 0 spiro atoms. The molecule has 2 aromatic rings. The van der Waals surface area contributed by atoms with Gasteiger partial charge in [0.2, 0.25) is 5.91 Å². The van der Waals surface area contributed by atoms with Crippen LogP contribution < -0.4 is 15.4 Å². The summed E-state index contributed by atoms with van der Waals surface area (Å²) in [6, 6.07) is 11.0. The van der Waals surface area contributed by atoms with Gasteiger partial charge in [-0.25, -0.2) is 0 Å². The fourth-order valence-corrected chi connectivity index (χ4v) is 3.53. The van der Waals surface area contributed by atoms with Gasteiger partial charge in [-0.2, -0.15) is 0 Å². The van der Waals surface area contributed by atoms with E-state index in [1.165, 1.54) is 5.56 Å². The number of nitrogens with two attached hydrogens (primary N) is 1. The summed E-state index contributed by atoms with van der Waals surface area (Å²) in [7, 11) is 1.60. The summed E-state index contributed by atoms with van der Waals surface area (Å²) in [6.45, 7) is 2.63. The van der Waals surface area contributed by atoms with Gasteiger partial charge in [-0.15, -0.1) is 0 Å². The maximum Gasteiger partial charge on any atom is 0.244 e. The zero-order valence-corrected chi connectivity index (χ0v) is 14.6. The van der Waals surface area contributed by atoms with Crippen molar-refractivity contribution in [3.63, 3.8) is 0 Å². The molecule has 3 rings (SSSR count). The molecule has 0 aliphatic carbocycles. The first-order valence-electron chi connectivity index (χ1n) is 7.99. The predicted octanol–water partition coefficient (Wildman–Crippen LogP) is 3.12. The summed E-state index contributed by atoms with van der Waals surface area (Å²) in [6.07, 6.45) is 1.28. The second-order valence-corrected chi connectivity index (χ2v) is 6.49. The number of nitrogens with zero attached hydrogens (tertiary/aromatic N) is 1. The molecule has 0 fully saturated rings. The highest BCUT2D eigenvalue weighted by molar-refractivity contribution is 6.31. The molecular weight excluding hydrogens is 324 g/mol. The highest BCUT2D eigenvalue weighted by Crippen LogP contribution is 2.30. The summed E-state index contributed by atoms with van der Waals surface area (Å²) in [5.41, 5.74) is 10.2. The molecule has 1 heterocycles. The smallest absolute Gasteiger partial charge is 0.244 e. The summed E-state index contributed by atoms with van der Waals surface area (Å²) in [5.74, 6) is 0.640. The molecule has 126 valence electrons. The van der Waals surface area contributed by atoms with E-state index in [9.17, 15) is 4.79 Å². The van der Waals surface area contributed by atoms with Gasteiger partial charge in [0.1, 0.15) is 5.75 Å². The lowest BCUT2D eigenvalue weighted by atomic mass is 10.00. The maximum absolute atomic E-state index is 12.8. The number of amides is 1. The summed E-state index contributed by atoms with van der Waals surface area (Å²) < 4.78 is 5.21. The van der Waals surface area contributed by atoms with E-state index in [0.29, 0.717) is 23.7 Å². The highest BCUT2D eigenvalue weighted by Gasteiger charge is 2.28. The van der Waals surface area contributed by atoms with Crippen molar-refractivity contribution in [3.05, 3.63) is 58.1 Å². The van der Waals surface area contributed by atoms with E-state index >= 15 is 0 Å². The number of aryl methyl sites for hydroxylation is 1. The van der Waals surface area contributed by atoms with Gasteiger partial charge in [-0.05, 0) is 54.7 Å². The number of halogens is 1. The molecule has 0 saturated carbocycles. The second-order valence-electron chi connectivity index (χ2n) is 6.08. The minimum absolute atomic E-state index is 0.0637. The van der Waals surface area contributed by atoms with Crippen LogP contribution in [0.5, 0.6) is 5.75 Å². The molecule has 0 radical (unpaired) electrons. The van der Waals surface area contributed by atoms with Crippen molar-refractivity contribution in [3.8, 4) is 5.75 Å². The molecule has 0 aromatic heterocycles. The van der Waals surface area contributed by atoms with Gasteiger partial charge in [-0.3, -0.25) is 4.79 Å². The number of rotatable bonds is 4. The van der Waals surface area contributed by atoms with Gasteiger partial charge < -0.3 is 15.4 Å². The highest BCUT2D eigenvalue weighted by atomic mass is 35.5. The average molecular weight is 345 g/mol. The molecule has 5 heteroatoms. The minimum atomic E-state index is -0.624. The Bertz CT molecular complexity index is 753. The number of anilines is 1. The third-order valence-corrected chi connectivity index (χ3v) is 4.86. The van der Waals surface area contributed by atoms with Crippen LogP contribution in [0.4, 0.5) is 5.69 Å². The monoisotopic (exact) mass is 344 g/mol. The summed E-state index contributed by atoms with van der Waals surface area (Å²) >= 11 is 6.34. The quantitative estimate of drug-likeness (QED) is 0.927. The maximum atomic E-state index is 12.8. The van der Waals surface area contributed by atoms with E-state index in [1.54, 1.807) is 18.1 Å². The lowest BCUT2D eigenvalue weighted by Gasteiger charge is -2.22. The number of hydrogen-bond acceptors (Lipinski definition) is 3. The Morgan fingerprint density at radius 1 is 1.38 bits per heavy atom. The molecule has 0 saturated heterocycles. The molecule has 2 aromatic carbocycles. The van der Waals surface area contributed by atoms with Gasteiger partial charge in [0.25, 0.3) is 0 Å². The Hall–Kier alpha value is -2.04. The van der Waals surface area contributed by atoms with Crippen LogP contribution in [0.25, 0.3) is 0 Å². The van der Waals surface area contributed by atoms with Gasteiger partial charge in [0.15, 0.2) is 0 Å². The molecule has 1 aliphatic rings. The zero-order chi connectivity index (χ0) is 17.3. The van der Waals surface area contributed by atoms with Crippen LogP contribution in [0, 0.1) is 6.92 Å². The van der Waals surface area contributed by atoms with E-state index in [2.05, 4.69) is 6.07 Å². The number of hydrogen-bond donors (Lipinski definition) is 1. The first-order chi connectivity index (χ1) is 11.5. The number of carbonyl (C=O) groups is 1. The number of benzene rings is 2. The van der Waals surface area contributed by atoms with Crippen molar-refractivity contribution in [2.24, 2.45) is 5.73 Å². The average Bonchev–Trinajstić information content (AvgIpc) is 3.01. The number of methoxy groups -OCH3 is 1. The largest absolute Gasteiger partial charge is 0.497 e. The molecular formula is C19H21ClN2O2. The van der Waals surface area contributed by atoms with Crippen LogP contribution in [0.3, 0.4) is 0 Å². The number of para-hydroxylation sites is 1. The Morgan fingerprint density at radius 3 is 2.83 bits per heavy atom. The minimum Gasteiger partial charge on any atom is -0.497 e. The van der Waals surface area contributed by atoms with Crippen LogP contribution in [0.1, 0.15) is 16.7 Å². The van der Waals surface area contributed by atoms with Crippen molar-refractivity contribution in [2.75, 3.05) is 18.6 Å². The molecule has 4 nitrogen and oxygen atoms in total. The third-order valence-electron chi connectivity index (χ3n) is 4.52. The fourth-order valence-electron chi connectivity index (χ4n) is 3.19. The zero-order valence-electron chi connectivity index (χ0n) is 13.9. The second kappa shape index (κ2) is 6.83. The molecule has 1 aliphatic heterocycles. The van der Waals surface area contributed by atoms with Crippen molar-refractivity contribution in [1.29, 1.82) is 0 Å². The Kier molecular flexibility index (Phi) is 4.78. The third kappa shape index (κ3) is 3.12.